The van der Waals surface area contributed by atoms with E-state index in [0.29, 0.717) is 5.56 Å². The van der Waals surface area contributed by atoms with Gasteiger partial charge >= 0.3 is 0 Å². The summed E-state index contributed by atoms with van der Waals surface area (Å²) >= 11 is 0. The van der Waals surface area contributed by atoms with Crippen molar-refractivity contribution < 1.29 is 9.53 Å². The van der Waals surface area contributed by atoms with Crippen molar-refractivity contribution in [3.8, 4) is 5.75 Å². The molecule has 140 valence electrons. The largest absolute Gasteiger partial charge is 0.497 e. The third kappa shape index (κ3) is 4.14. The topological polar surface area (TPSA) is 57.4 Å². The number of fused-ring (bicyclic) bond motifs is 1. The average Bonchev–Trinajstić information content (AvgIpc) is 3.16. The predicted octanol–water partition coefficient (Wildman–Crippen LogP) is 3.57. The highest BCUT2D eigenvalue weighted by Gasteiger charge is 2.22. The second-order valence-corrected chi connectivity index (χ2v) is 7.18. The molecule has 2 aromatic carbocycles. The summed E-state index contributed by atoms with van der Waals surface area (Å²) in [6.45, 7) is 2.80. The Balaban J connectivity index is 1.38. The molecule has 5 nitrogen and oxygen atoms in total. The van der Waals surface area contributed by atoms with Crippen LogP contribution in [0.2, 0.25) is 0 Å². The number of benzene rings is 2. The summed E-state index contributed by atoms with van der Waals surface area (Å²) in [5.41, 5.74) is 3.00. The minimum atomic E-state index is 0.00586. The monoisotopic (exact) mass is 363 g/mol. The Labute approximate surface area is 159 Å². The number of methoxy groups -OCH3 is 1. The normalized spacial score (nSPS) is 17.7. The molecule has 0 radical (unpaired) electrons. The van der Waals surface area contributed by atoms with Gasteiger partial charge in [0, 0.05) is 41.8 Å². The minimum absolute atomic E-state index is 0.00586. The number of ether oxygens (including phenoxy) is 1. The Morgan fingerprint density at radius 3 is 3.07 bits per heavy atom. The highest BCUT2D eigenvalue weighted by atomic mass is 16.5. The zero-order valence-electron chi connectivity index (χ0n) is 15.6. The fourth-order valence-corrected chi connectivity index (χ4v) is 3.81. The van der Waals surface area contributed by atoms with Crippen LogP contribution in [-0.4, -0.2) is 42.0 Å². The quantitative estimate of drug-likeness (QED) is 0.729. The van der Waals surface area contributed by atoms with Crippen molar-refractivity contribution in [3.05, 3.63) is 65.9 Å². The number of carbonyl (C=O) groups is 1. The van der Waals surface area contributed by atoms with Crippen LogP contribution in [0.25, 0.3) is 10.9 Å². The molecule has 1 aromatic heterocycles. The molecule has 1 fully saturated rings. The van der Waals surface area contributed by atoms with Crippen LogP contribution in [0.4, 0.5) is 0 Å². The molecular weight excluding hydrogens is 338 g/mol. The maximum Gasteiger partial charge on any atom is 0.251 e. The molecule has 1 amide bonds. The highest BCUT2D eigenvalue weighted by Crippen LogP contribution is 2.19. The number of aromatic nitrogens is 1. The van der Waals surface area contributed by atoms with Gasteiger partial charge in [-0.25, -0.2) is 0 Å². The van der Waals surface area contributed by atoms with E-state index in [1.54, 1.807) is 7.11 Å². The van der Waals surface area contributed by atoms with Crippen molar-refractivity contribution in [3.63, 3.8) is 0 Å². The fourth-order valence-electron chi connectivity index (χ4n) is 3.81. The smallest absolute Gasteiger partial charge is 0.251 e. The molecule has 1 atom stereocenters. The number of hydrogen-bond donors (Lipinski definition) is 2. The van der Waals surface area contributed by atoms with E-state index in [4.69, 9.17) is 4.74 Å². The van der Waals surface area contributed by atoms with Gasteiger partial charge in [-0.05, 0) is 61.3 Å². The van der Waals surface area contributed by atoms with Gasteiger partial charge in [-0.2, -0.15) is 0 Å². The summed E-state index contributed by atoms with van der Waals surface area (Å²) in [5, 5.41) is 4.28. The second-order valence-electron chi connectivity index (χ2n) is 7.18. The first-order valence-electron chi connectivity index (χ1n) is 9.44. The van der Waals surface area contributed by atoms with E-state index < -0.39 is 0 Å². The molecule has 2 heterocycles. The van der Waals surface area contributed by atoms with Gasteiger partial charge in [-0.15, -0.1) is 0 Å². The molecule has 4 rings (SSSR count). The number of carbonyl (C=O) groups excluding carboxylic acids is 1. The van der Waals surface area contributed by atoms with E-state index in [1.807, 2.05) is 42.6 Å². The lowest BCUT2D eigenvalue weighted by Gasteiger charge is -2.33. The third-order valence-electron chi connectivity index (χ3n) is 5.20. The molecule has 0 spiro atoms. The minimum Gasteiger partial charge on any atom is -0.497 e. The molecule has 1 saturated heterocycles. The number of nitrogens with one attached hydrogen (secondary N) is 2. The number of nitrogens with zero attached hydrogens (tertiary/aromatic N) is 1. The first-order valence-corrected chi connectivity index (χ1v) is 9.44. The van der Waals surface area contributed by atoms with Crippen molar-refractivity contribution in [1.29, 1.82) is 0 Å². The molecule has 0 unspecified atom stereocenters. The molecule has 0 aliphatic carbocycles. The molecule has 1 aliphatic heterocycles. The average molecular weight is 363 g/mol. The van der Waals surface area contributed by atoms with Gasteiger partial charge in [0.15, 0.2) is 0 Å². The fraction of sp³-hybridized carbons (Fsp3) is 0.318. The van der Waals surface area contributed by atoms with Crippen LogP contribution < -0.4 is 10.1 Å². The van der Waals surface area contributed by atoms with Crippen LogP contribution in [-0.2, 0) is 6.54 Å². The Bertz CT molecular complexity index is 934. The number of likely N-dealkylation sites (tertiary alicyclic amines) is 1. The standard InChI is InChI=1S/C22H25N3O2/c1-27-20-6-2-4-16(12-20)14-25-11-3-5-19(15-25)24-22(26)18-7-8-21-17(13-18)9-10-23-21/h2,4,6-10,12-13,19,23H,3,5,11,14-15H2,1H3,(H,24,26)/t19-/m0/s1. The number of rotatable bonds is 5. The van der Waals surface area contributed by atoms with Crippen LogP contribution in [0.15, 0.2) is 54.7 Å². The van der Waals surface area contributed by atoms with Crippen molar-refractivity contribution in [2.75, 3.05) is 20.2 Å². The predicted molar refractivity (Wildman–Crippen MR) is 107 cm³/mol. The van der Waals surface area contributed by atoms with Crippen molar-refractivity contribution in [2.24, 2.45) is 0 Å². The van der Waals surface area contributed by atoms with Gasteiger partial charge in [0.05, 0.1) is 7.11 Å². The molecule has 0 bridgehead atoms. The van der Waals surface area contributed by atoms with Gasteiger partial charge in [0.25, 0.3) is 5.91 Å². The lowest BCUT2D eigenvalue weighted by molar-refractivity contribution is 0.0901. The van der Waals surface area contributed by atoms with Crippen molar-refractivity contribution >= 4 is 16.8 Å². The molecule has 0 saturated carbocycles. The lowest BCUT2D eigenvalue weighted by Crippen LogP contribution is -2.47. The molecule has 1 aliphatic rings. The number of aromatic amines is 1. The Kier molecular flexibility index (Phi) is 5.12. The third-order valence-corrected chi connectivity index (χ3v) is 5.20. The Morgan fingerprint density at radius 1 is 1.26 bits per heavy atom. The maximum atomic E-state index is 12.7. The zero-order chi connectivity index (χ0) is 18.6. The summed E-state index contributed by atoms with van der Waals surface area (Å²) in [5.74, 6) is 0.890. The van der Waals surface area contributed by atoms with Crippen LogP contribution in [0.3, 0.4) is 0 Å². The summed E-state index contributed by atoms with van der Waals surface area (Å²) in [6.07, 6.45) is 4.00. The lowest BCUT2D eigenvalue weighted by atomic mass is 10.0. The summed E-state index contributed by atoms with van der Waals surface area (Å²) in [4.78, 5) is 18.2. The van der Waals surface area contributed by atoms with E-state index in [-0.39, 0.29) is 11.9 Å². The van der Waals surface area contributed by atoms with E-state index in [1.165, 1.54) is 5.56 Å². The first kappa shape index (κ1) is 17.6. The Hall–Kier alpha value is -2.79. The molecule has 27 heavy (non-hydrogen) atoms. The van der Waals surface area contributed by atoms with E-state index in [2.05, 4.69) is 27.3 Å². The highest BCUT2D eigenvalue weighted by molar-refractivity contribution is 5.98. The number of hydrogen-bond acceptors (Lipinski definition) is 3. The molecule has 5 heteroatoms. The summed E-state index contributed by atoms with van der Waals surface area (Å²) in [6, 6.07) is 16.1. The number of amides is 1. The van der Waals surface area contributed by atoms with Crippen molar-refractivity contribution in [2.45, 2.75) is 25.4 Å². The van der Waals surface area contributed by atoms with Crippen LogP contribution in [0.1, 0.15) is 28.8 Å². The number of H-pyrrole nitrogens is 1. The zero-order valence-corrected chi connectivity index (χ0v) is 15.6. The summed E-state index contributed by atoms with van der Waals surface area (Å²) in [7, 11) is 1.69. The van der Waals surface area contributed by atoms with E-state index in [9.17, 15) is 4.79 Å². The maximum absolute atomic E-state index is 12.7. The molecular formula is C22H25N3O2. The van der Waals surface area contributed by atoms with Crippen LogP contribution in [0.5, 0.6) is 5.75 Å². The first-order chi connectivity index (χ1) is 13.2. The van der Waals surface area contributed by atoms with Gasteiger partial charge in [-0.1, -0.05) is 12.1 Å². The van der Waals surface area contributed by atoms with Gasteiger partial charge in [-0.3, -0.25) is 9.69 Å². The van der Waals surface area contributed by atoms with E-state index in [0.717, 1.165) is 49.1 Å². The summed E-state index contributed by atoms with van der Waals surface area (Å²) < 4.78 is 5.31. The van der Waals surface area contributed by atoms with Gasteiger partial charge in [0.1, 0.15) is 5.75 Å². The molecule has 2 N–H and O–H groups in total. The second kappa shape index (κ2) is 7.84. The van der Waals surface area contributed by atoms with Crippen LogP contribution in [0, 0.1) is 0 Å². The van der Waals surface area contributed by atoms with E-state index >= 15 is 0 Å². The SMILES string of the molecule is COc1cccc(CN2CCC[C@H](NC(=O)c3ccc4[nH]ccc4c3)C2)c1. The van der Waals surface area contributed by atoms with Gasteiger partial charge in [0.2, 0.25) is 0 Å². The molecule has 3 aromatic rings. The van der Waals surface area contributed by atoms with Crippen molar-refractivity contribution in [1.82, 2.24) is 15.2 Å². The number of piperidine rings is 1. The van der Waals surface area contributed by atoms with Crippen LogP contribution >= 0.6 is 0 Å². The Morgan fingerprint density at radius 2 is 2.19 bits per heavy atom. The van der Waals surface area contributed by atoms with Gasteiger partial charge < -0.3 is 15.0 Å².